The van der Waals surface area contributed by atoms with E-state index in [1.54, 1.807) is 0 Å². The van der Waals surface area contributed by atoms with Gasteiger partial charge in [-0.3, -0.25) is 24.9 Å². The minimum absolute atomic E-state index is 0.000242. The molecule has 2 aromatic carbocycles. The number of hydrogen-bond donors (Lipinski definition) is 4. The standard InChI is InChI=1S/C33H40ClN9O3/c1-32(2,3)20-7-9-21(10-8-20)46-18-17-42-14-11-22-23(5-4-6-24(22)42)30(45)43-15-12-33(13-16-43)19-37-31(41-33)40-29(44)25-27(35)39-28(36)26(34)38-25/h4-11,14,26,28H,12-13,15-19,36H2,1-3H3,(H2,35,39)(H2,37,40,41,44). The molecular weight excluding hydrogens is 606 g/mol. The maximum atomic E-state index is 13.7. The number of aromatic nitrogens is 1. The fourth-order valence-corrected chi connectivity index (χ4v) is 6.19. The molecule has 2 unspecified atom stereocenters. The molecule has 1 saturated heterocycles. The highest BCUT2D eigenvalue weighted by Crippen LogP contribution is 2.29. The number of piperidine rings is 1. The minimum Gasteiger partial charge on any atom is -0.492 e. The van der Waals surface area contributed by atoms with E-state index in [1.165, 1.54) is 5.56 Å². The smallest absolute Gasteiger partial charge is 0.279 e. The lowest BCUT2D eigenvalue weighted by Crippen LogP contribution is -2.57. The summed E-state index contributed by atoms with van der Waals surface area (Å²) in [5.41, 5.74) is 13.3. The van der Waals surface area contributed by atoms with Gasteiger partial charge in [-0.25, -0.2) is 4.99 Å². The van der Waals surface area contributed by atoms with Gasteiger partial charge in [0.1, 0.15) is 18.5 Å². The summed E-state index contributed by atoms with van der Waals surface area (Å²) in [4.78, 5) is 40.9. The molecule has 1 spiro atoms. The van der Waals surface area contributed by atoms with E-state index >= 15 is 0 Å². The summed E-state index contributed by atoms with van der Waals surface area (Å²) >= 11 is 6.04. The van der Waals surface area contributed by atoms with Crippen LogP contribution in [0.5, 0.6) is 5.75 Å². The van der Waals surface area contributed by atoms with Gasteiger partial charge in [-0.1, -0.05) is 50.6 Å². The summed E-state index contributed by atoms with van der Waals surface area (Å²) < 4.78 is 8.15. The number of halogens is 1. The van der Waals surface area contributed by atoms with Gasteiger partial charge >= 0.3 is 0 Å². The summed E-state index contributed by atoms with van der Waals surface area (Å²) in [6.07, 6.45) is 2.56. The largest absolute Gasteiger partial charge is 0.492 e. The van der Waals surface area contributed by atoms with Crippen molar-refractivity contribution in [3.8, 4) is 5.75 Å². The molecule has 0 saturated carbocycles. The molecule has 2 amide bonds. The molecule has 6 rings (SSSR count). The maximum Gasteiger partial charge on any atom is 0.279 e. The summed E-state index contributed by atoms with van der Waals surface area (Å²) in [7, 11) is 0. The molecule has 3 aromatic rings. The number of rotatable bonds is 6. The number of fused-ring (bicyclic) bond motifs is 1. The van der Waals surface area contributed by atoms with E-state index in [0.717, 1.165) is 16.7 Å². The van der Waals surface area contributed by atoms with Gasteiger partial charge in [0.15, 0.2) is 23.0 Å². The molecule has 6 N–H and O–H groups in total. The number of ether oxygens (including phenoxy) is 1. The molecule has 0 aliphatic carbocycles. The third-order valence-corrected chi connectivity index (χ3v) is 9.16. The van der Waals surface area contributed by atoms with Crippen molar-refractivity contribution in [2.75, 3.05) is 26.2 Å². The van der Waals surface area contributed by atoms with E-state index in [0.29, 0.717) is 57.2 Å². The molecule has 13 heteroatoms. The summed E-state index contributed by atoms with van der Waals surface area (Å²) in [6.45, 7) is 9.34. The molecule has 1 aromatic heterocycles. The summed E-state index contributed by atoms with van der Waals surface area (Å²) in [6, 6.07) is 16.1. The number of hydrogen-bond acceptors (Lipinski definition) is 9. The van der Waals surface area contributed by atoms with Crippen LogP contribution in [-0.2, 0) is 16.8 Å². The van der Waals surface area contributed by atoms with Crippen LogP contribution in [0.2, 0.25) is 0 Å². The van der Waals surface area contributed by atoms with Crippen molar-refractivity contribution in [1.29, 1.82) is 0 Å². The number of likely N-dealkylation sites (tertiary alicyclic amines) is 1. The van der Waals surface area contributed by atoms with Crippen molar-refractivity contribution < 1.29 is 14.3 Å². The number of benzene rings is 2. The first-order valence-electron chi connectivity index (χ1n) is 15.5. The number of nitrogens with zero attached hydrogens (tertiary/aromatic N) is 5. The second-order valence-electron chi connectivity index (χ2n) is 13.0. The van der Waals surface area contributed by atoms with E-state index in [9.17, 15) is 9.59 Å². The van der Waals surface area contributed by atoms with Crippen LogP contribution in [0.25, 0.3) is 10.9 Å². The molecule has 242 valence electrons. The number of alkyl halides is 1. The highest BCUT2D eigenvalue weighted by molar-refractivity contribution is 6.67. The number of nitrogens with two attached hydrogens (primary N) is 2. The van der Waals surface area contributed by atoms with Crippen LogP contribution >= 0.6 is 11.6 Å². The third kappa shape index (κ3) is 6.45. The van der Waals surface area contributed by atoms with Crippen molar-refractivity contribution in [3.63, 3.8) is 0 Å². The van der Waals surface area contributed by atoms with Crippen LogP contribution in [0.15, 0.2) is 69.7 Å². The number of nitrogens with one attached hydrogen (secondary N) is 2. The Morgan fingerprint density at radius 3 is 2.57 bits per heavy atom. The highest BCUT2D eigenvalue weighted by atomic mass is 35.5. The van der Waals surface area contributed by atoms with Gasteiger partial charge in [-0.05, 0) is 54.2 Å². The van der Waals surface area contributed by atoms with Gasteiger partial charge in [-0.2, -0.15) is 0 Å². The minimum atomic E-state index is -0.875. The van der Waals surface area contributed by atoms with Crippen LogP contribution in [0.4, 0.5) is 0 Å². The van der Waals surface area contributed by atoms with E-state index in [1.807, 2.05) is 47.5 Å². The second kappa shape index (κ2) is 12.4. The lowest BCUT2D eigenvalue weighted by Gasteiger charge is -2.39. The topological polar surface area (TPSA) is 165 Å². The van der Waals surface area contributed by atoms with E-state index < -0.39 is 17.6 Å². The zero-order valence-electron chi connectivity index (χ0n) is 26.3. The quantitative estimate of drug-likeness (QED) is 0.238. The monoisotopic (exact) mass is 645 g/mol. The normalized spacial score (nSPS) is 21.0. The van der Waals surface area contributed by atoms with Gasteiger partial charge in [-0.15, -0.1) is 0 Å². The van der Waals surface area contributed by atoms with Crippen molar-refractivity contribution in [2.45, 2.75) is 62.8 Å². The van der Waals surface area contributed by atoms with Crippen LogP contribution in [0.3, 0.4) is 0 Å². The second-order valence-corrected chi connectivity index (χ2v) is 13.5. The van der Waals surface area contributed by atoms with Crippen LogP contribution < -0.4 is 26.8 Å². The molecule has 12 nitrogen and oxygen atoms in total. The maximum absolute atomic E-state index is 13.7. The average molecular weight is 646 g/mol. The lowest BCUT2D eigenvalue weighted by atomic mass is 9.87. The Balaban J connectivity index is 1.03. The first-order chi connectivity index (χ1) is 21.9. The fraction of sp³-hybridized carbons (Fsp3) is 0.424. The van der Waals surface area contributed by atoms with Gasteiger partial charge in [0.05, 0.1) is 18.6 Å². The number of carbonyl (C=O) groups excluding carboxylic acids is 2. The van der Waals surface area contributed by atoms with E-state index in [2.05, 4.69) is 63.1 Å². The van der Waals surface area contributed by atoms with Crippen molar-refractivity contribution in [3.05, 3.63) is 65.9 Å². The average Bonchev–Trinajstić information content (AvgIpc) is 3.62. The summed E-state index contributed by atoms with van der Waals surface area (Å²) in [5, 5.41) is 6.99. The first-order valence-corrected chi connectivity index (χ1v) is 15.9. The van der Waals surface area contributed by atoms with Gasteiger partial charge in [0.25, 0.3) is 11.8 Å². The first kappa shape index (κ1) is 31.6. The van der Waals surface area contributed by atoms with Crippen molar-refractivity contribution in [1.82, 2.24) is 20.1 Å². The van der Waals surface area contributed by atoms with Crippen LogP contribution in [-0.4, -0.2) is 82.2 Å². The molecule has 3 aliphatic heterocycles. The molecule has 0 bridgehead atoms. The zero-order valence-corrected chi connectivity index (χ0v) is 27.1. The van der Waals surface area contributed by atoms with E-state index in [4.69, 9.17) is 27.8 Å². The van der Waals surface area contributed by atoms with Crippen LogP contribution in [0, 0.1) is 0 Å². The Morgan fingerprint density at radius 2 is 1.85 bits per heavy atom. The van der Waals surface area contributed by atoms with Crippen LogP contribution in [0.1, 0.15) is 49.5 Å². The number of amides is 2. The zero-order chi connectivity index (χ0) is 32.6. The third-order valence-electron chi connectivity index (χ3n) is 8.81. The molecule has 3 aliphatic rings. The Hall–Kier alpha value is -4.42. The Morgan fingerprint density at radius 1 is 1.11 bits per heavy atom. The predicted octanol–water partition coefficient (Wildman–Crippen LogP) is 2.73. The SMILES string of the molecule is CC(C)(C)c1ccc(OCCn2ccc3c(C(=O)N4CCC5(CC4)CN=C(NC(=O)C4=NC(Cl)C(N)N=C4N)N5)cccc32)cc1. The lowest BCUT2D eigenvalue weighted by molar-refractivity contribution is -0.113. The molecule has 0 radical (unpaired) electrons. The molecular formula is C33H40ClN9O3. The molecule has 4 heterocycles. The van der Waals surface area contributed by atoms with Gasteiger partial charge in [0, 0.05) is 35.8 Å². The number of amidine groups is 1. The van der Waals surface area contributed by atoms with Gasteiger partial charge in [0.2, 0.25) is 0 Å². The Bertz CT molecular complexity index is 1730. The number of aliphatic imine (C=N–C) groups is 3. The van der Waals surface area contributed by atoms with Crippen molar-refractivity contribution >= 4 is 51.8 Å². The predicted molar refractivity (Wildman–Crippen MR) is 181 cm³/mol. The number of carbonyl (C=O) groups is 2. The van der Waals surface area contributed by atoms with Gasteiger partial charge < -0.3 is 31.0 Å². The highest BCUT2D eigenvalue weighted by Gasteiger charge is 2.41. The Kier molecular flexibility index (Phi) is 8.51. The molecule has 2 atom stereocenters. The molecule has 46 heavy (non-hydrogen) atoms. The number of guanidine groups is 1. The van der Waals surface area contributed by atoms with Crippen molar-refractivity contribution in [2.24, 2.45) is 26.4 Å². The Labute approximate surface area is 272 Å². The van der Waals surface area contributed by atoms with E-state index in [-0.39, 0.29) is 28.4 Å². The summed E-state index contributed by atoms with van der Waals surface area (Å²) in [5.74, 6) is 0.545. The molecule has 1 fully saturated rings. The fourth-order valence-electron chi connectivity index (χ4n) is 6.03.